The summed E-state index contributed by atoms with van der Waals surface area (Å²) in [5.41, 5.74) is 1.89. The summed E-state index contributed by atoms with van der Waals surface area (Å²) < 4.78 is 49.3. The summed E-state index contributed by atoms with van der Waals surface area (Å²) in [5.74, 6) is -0.101. The maximum Gasteiger partial charge on any atom is 0.264 e. The average Bonchev–Trinajstić information content (AvgIpc) is 2.98. The van der Waals surface area contributed by atoms with Crippen molar-refractivity contribution >= 4 is 37.3 Å². The summed E-state index contributed by atoms with van der Waals surface area (Å²) in [7, 11) is -6.39. The number of thiol groups is 1. The van der Waals surface area contributed by atoms with E-state index in [1.54, 1.807) is 18.2 Å². The minimum atomic E-state index is -3.84. The number of sulfonamides is 1. The van der Waals surface area contributed by atoms with E-state index in [1.165, 1.54) is 30.5 Å². The normalized spacial score (nSPS) is 11.5. The predicted molar refractivity (Wildman–Crippen MR) is 94.3 cm³/mol. The maximum atomic E-state index is 12.6. The molecule has 0 saturated heterocycles. The molecule has 0 radical (unpaired) electrons. The number of hydrogen-bond donors (Lipinski definition) is 3. The summed E-state index contributed by atoms with van der Waals surface area (Å²) in [5, 5.41) is 9.24. The number of rotatable bonds is 5. The summed E-state index contributed by atoms with van der Waals surface area (Å²) in [6.07, 6.45) is 1.36. The zero-order valence-corrected chi connectivity index (χ0v) is 14.5. The van der Waals surface area contributed by atoms with E-state index < -0.39 is 20.7 Å². The van der Waals surface area contributed by atoms with Gasteiger partial charge in [0.2, 0.25) is 0 Å². The van der Waals surface area contributed by atoms with Gasteiger partial charge in [-0.25, -0.2) is 16.8 Å². The third-order valence-electron chi connectivity index (χ3n) is 3.58. The molecule has 0 aliphatic rings. The van der Waals surface area contributed by atoms with Gasteiger partial charge in [0.1, 0.15) is 15.6 Å². The molecule has 9 heteroatoms. The van der Waals surface area contributed by atoms with E-state index in [4.69, 9.17) is 5.26 Å². The molecule has 0 bridgehead atoms. The minimum Gasteiger partial charge on any atom is -0.360 e. The molecule has 0 atom stereocenters. The van der Waals surface area contributed by atoms with Gasteiger partial charge in [0, 0.05) is 22.8 Å². The Bertz CT molecular complexity index is 1150. The SMILES string of the molecule is N#Cc1ccc(NS(=O)(=O)c2c[nH]c3cc(C[SH](=O)=O)ccc23)cc1. The zero-order chi connectivity index (χ0) is 18.0. The lowest BCUT2D eigenvalue weighted by atomic mass is 10.2. The molecule has 0 unspecified atom stereocenters. The molecule has 0 spiro atoms. The molecule has 1 aromatic heterocycles. The molecule has 0 aliphatic carbocycles. The second-order valence-electron chi connectivity index (χ2n) is 5.32. The molecule has 0 saturated carbocycles. The van der Waals surface area contributed by atoms with E-state index in [1.807, 2.05) is 6.07 Å². The number of hydrogen-bond acceptors (Lipinski definition) is 5. The molecule has 7 nitrogen and oxygen atoms in total. The van der Waals surface area contributed by atoms with Crippen LogP contribution in [-0.4, -0.2) is 21.8 Å². The molecular formula is C16H13N3O4S2. The van der Waals surface area contributed by atoms with Crippen LogP contribution in [0.5, 0.6) is 0 Å². The Labute approximate surface area is 145 Å². The number of nitrogens with one attached hydrogen (secondary N) is 2. The van der Waals surface area contributed by atoms with Crippen LogP contribution in [0.15, 0.2) is 53.6 Å². The Hall–Kier alpha value is -2.83. The van der Waals surface area contributed by atoms with Gasteiger partial charge < -0.3 is 4.98 Å². The number of anilines is 1. The predicted octanol–water partition coefficient (Wildman–Crippen LogP) is 1.95. The number of H-pyrrole nitrogens is 1. The summed E-state index contributed by atoms with van der Waals surface area (Å²) in [4.78, 5) is 2.91. The van der Waals surface area contributed by atoms with E-state index in [0.717, 1.165) is 0 Å². The molecule has 3 aromatic rings. The third kappa shape index (κ3) is 3.65. The fourth-order valence-electron chi connectivity index (χ4n) is 2.44. The Kier molecular flexibility index (Phi) is 4.48. The van der Waals surface area contributed by atoms with Crippen molar-refractivity contribution in [3.05, 3.63) is 59.8 Å². The van der Waals surface area contributed by atoms with Gasteiger partial charge in [0.25, 0.3) is 10.0 Å². The maximum absolute atomic E-state index is 12.6. The van der Waals surface area contributed by atoms with Crippen LogP contribution in [0.25, 0.3) is 10.9 Å². The molecule has 0 aliphatic heterocycles. The lowest BCUT2D eigenvalue weighted by molar-refractivity contribution is 0.602. The lowest BCUT2D eigenvalue weighted by Gasteiger charge is -2.07. The number of aromatic nitrogens is 1. The Morgan fingerprint density at radius 3 is 2.48 bits per heavy atom. The Morgan fingerprint density at radius 1 is 1.12 bits per heavy atom. The zero-order valence-electron chi connectivity index (χ0n) is 12.8. The van der Waals surface area contributed by atoms with E-state index in [-0.39, 0.29) is 10.6 Å². The monoisotopic (exact) mass is 375 g/mol. The number of aromatic amines is 1. The Balaban J connectivity index is 1.95. The standard InChI is InChI=1S/C16H13N3O4S2/c17-8-11-1-4-13(5-2-11)19-25(22,23)16-9-18-15-7-12(10-24(20)21)3-6-14(15)16/h1-7,9,18-19,24H,10H2. The van der Waals surface area contributed by atoms with Crippen molar-refractivity contribution in [1.29, 1.82) is 5.26 Å². The average molecular weight is 375 g/mol. The highest BCUT2D eigenvalue weighted by atomic mass is 32.2. The van der Waals surface area contributed by atoms with Crippen molar-refractivity contribution < 1.29 is 16.8 Å². The molecule has 25 heavy (non-hydrogen) atoms. The number of nitriles is 1. The first-order valence-corrected chi connectivity index (χ1v) is 9.98. The first kappa shape index (κ1) is 17.0. The molecule has 2 N–H and O–H groups in total. The second-order valence-corrected chi connectivity index (χ2v) is 7.95. The van der Waals surface area contributed by atoms with Crippen molar-refractivity contribution in [2.24, 2.45) is 0 Å². The van der Waals surface area contributed by atoms with Crippen LogP contribution in [0.1, 0.15) is 11.1 Å². The van der Waals surface area contributed by atoms with Crippen LogP contribution in [0, 0.1) is 11.3 Å². The molecular weight excluding hydrogens is 362 g/mol. The van der Waals surface area contributed by atoms with E-state index in [9.17, 15) is 16.8 Å². The van der Waals surface area contributed by atoms with E-state index in [0.29, 0.717) is 27.7 Å². The first-order chi connectivity index (χ1) is 11.9. The van der Waals surface area contributed by atoms with Crippen LogP contribution in [-0.2, 0) is 26.5 Å². The van der Waals surface area contributed by atoms with E-state index in [2.05, 4.69) is 9.71 Å². The van der Waals surface area contributed by atoms with Crippen molar-refractivity contribution in [2.75, 3.05) is 4.72 Å². The van der Waals surface area contributed by atoms with Crippen molar-refractivity contribution in [3.63, 3.8) is 0 Å². The van der Waals surface area contributed by atoms with Crippen molar-refractivity contribution in [1.82, 2.24) is 4.98 Å². The fourth-order valence-corrected chi connectivity index (χ4v) is 4.17. The van der Waals surface area contributed by atoms with Crippen molar-refractivity contribution in [2.45, 2.75) is 10.6 Å². The number of benzene rings is 2. The van der Waals surface area contributed by atoms with Gasteiger partial charge in [-0.1, -0.05) is 12.1 Å². The third-order valence-corrected chi connectivity index (χ3v) is 5.62. The molecule has 0 amide bonds. The summed E-state index contributed by atoms with van der Waals surface area (Å²) in [6, 6.07) is 12.8. The molecule has 2 aromatic carbocycles. The quantitative estimate of drug-likeness (QED) is 0.589. The highest BCUT2D eigenvalue weighted by Crippen LogP contribution is 2.26. The van der Waals surface area contributed by atoms with Gasteiger partial charge in [-0.2, -0.15) is 5.26 Å². The van der Waals surface area contributed by atoms with E-state index >= 15 is 0 Å². The van der Waals surface area contributed by atoms with Crippen LogP contribution in [0.3, 0.4) is 0 Å². The van der Waals surface area contributed by atoms with Gasteiger partial charge in [-0.15, -0.1) is 0 Å². The fraction of sp³-hybridized carbons (Fsp3) is 0.0625. The molecule has 0 fully saturated rings. The largest absolute Gasteiger partial charge is 0.360 e. The minimum absolute atomic E-state index is 0.0601. The van der Waals surface area contributed by atoms with Gasteiger partial charge in [-0.05, 0) is 35.9 Å². The smallest absolute Gasteiger partial charge is 0.264 e. The van der Waals surface area contributed by atoms with Crippen LogP contribution < -0.4 is 4.72 Å². The van der Waals surface area contributed by atoms with Gasteiger partial charge >= 0.3 is 0 Å². The second kappa shape index (κ2) is 6.58. The number of nitrogens with zero attached hydrogens (tertiary/aromatic N) is 1. The van der Waals surface area contributed by atoms with Crippen LogP contribution >= 0.6 is 0 Å². The summed E-state index contributed by atoms with van der Waals surface area (Å²) in [6.45, 7) is 0. The Morgan fingerprint density at radius 2 is 1.84 bits per heavy atom. The first-order valence-electron chi connectivity index (χ1n) is 7.14. The van der Waals surface area contributed by atoms with Gasteiger partial charge in [0.05, 0.1) is 17.4 Å². The highest BCUT2D eigenvalue weighted by molar-refractivity contribution is 7.93. The lowest BCUT2D eigenvalue weighted by Crippen LogP contribution is -2.12. The molecule has 1 heterocycles. The van der Waals surface area contributed by atoms with Gasteiger partial charge in [0.15, 0.2) is 0 Å². The van der Waals surface area contributed by atoms with Crippen molar-refractivity contribution in [3.8, 4) is 6.07 Å². The molecule has 128 valence electrons. The van der Waals surface area contributed by atoms with Gasteiger partial charge in [-0.3, -0.25) is 4.72 Å². The molecule has 3 rings (SSSR count). The summed E-state index contributed by atoms with van der Waals surface area (Å²) >= 11 is 0. The topological polar surface area (TPSA) is 120 Å². The van der Waals surface area contributed by atoms with Crippen LogP contribution in [0.4, 0.5) is 5.69 Å². The highest BCUT2D eigenvalue weighted by Gasteiger charge is 2.19. The van der Waals surface area contributed by atoms with Crippen LogP contribution in [0.2, 0.25) is 0 Å². The number of fused-ring (bicyclic) bond motifs is 1.